The summed E-state index contributed by atoms with van der Waals surface area (Å²) in [5, 5.41) is 3.06. The molecule has 0 unspecified atom stereocenters. The van der Waals surface area contributed by atoms with Crippen LogP contribution in [-0.2, 0) is 24.2 Å². The standard InChI is InChI=1S/C18H25N3O3/c1-18(2,3)24-17(23)20(4)13-15-12-16(22)21(19-15)11-10-14-8-6-5-7-9-14/h5-9,12,19H,10-11,13H2,1-4H3. The highest BCUT2D eigenvalue weighted by molar-refractivity contribution is 5.67. The summed E-state index contributed by atoms with van der Waals surface area (Å²) in [5.41, 5.74) is 1.21. The van der Waals surface area contributed by atoms with E-state index in [9.17, 15) is 9.59 Å². The van der Waals surface area contributed by atoms with E-state index in [1.165, 1.54) is 16.5 Å². The SMILES string of the molecule is CN(Cc1cc(=O)n(CCc2ccccc2)[nH]1)C(=O)OC(C)(C)C. The summed E-state index contributed by atoms with van der Waals surface area (Å²) in [5.74, 6) is 0. The highest BCUT2D eigenvalue weighted by atomic mass is 16.6. The number of amides is 1. The van der Waals surface area contributed by atoms with Crippen molar-refractivity contribution in [2.75, 3.05) is 7.05 Å². The second-order valence-corrected chi connectivity index (χ2v) is 6.84. The lowest BCUT2D eigenvalue weighted by Crippen LogP contribution is -2.33. The lowest BCUT2D eigenvalue weighted by molar-refractivity contribution is 0.0283. The highest BCUT2D eigenvalue weighted by Crippen LogP contribution is 2.10. The first-order valence-corrected chi connectivity index (χ1v) is 8.01. The lowest BCUT2D eigenvalue weighted by atomic mass is 10.1. The number of carbonyl (C=O) groups is 1. The molecule has 0 bridgehead atoms. The molecule has 2 aromatic rings. The summed E-state index contributed by atoms with van der Waals surface area (Å²) < 4.78 is 6.86. The van der Waals surface area contributed by atoms with Crippen molar-refractivity contribution < 1.29 is 9.53 Å². The number of hydrogen-bond donors (Lipinski definition) is 1. The second-order valence-electron chi connectivity index (χ2n) is 6.84. The molecule has 0 fully saturated rings. The average Bonchev–Trinajstić information content (AvgIpc) is 2.84. The Balaban J connectivity index is 1.96. The molecule has 6 nitrogen and oxygen atoms in total. The third kappa shape index (κ3) is 5.30. The normalized spacial score (nSPS) is 11.3. The molecule has 0 aliphatic heterocycles. The van der Waals surface area contributed by atoms with Crippen molar-refractivity contribution in [2.24, 2.45) is 0 Å². The molecule has 0 spiro atoms. The minimum Gasteiger partial charge on any atom is -0.444 e. The number of carbonyl (C=O) groups excluding carboxylic acids is 1. The van der Waals surface area contributed by atoms with Crippen LogP contribution in [0.15, 0.2) is 41.2 Å². The van der Waals surface area contributed by atoms with Crippen LogP contribution >= 0.6 is 0 Å². The van der Waals surface area contributed by atoms with Crippen molar-refractivity contribution in [3.63, 3.8) is 0 Å². The van der Waals surface area contributed by atoms with Crippen molar-refractivity contribution in [1.82, 2.24) is 14.7 Å². The topological polar surface area (TPSA) is 67.3 Å². The number of nitrogens with zero attached hydrogens (tertiary/aromatic N) is 2. The van der Waals surface area contributed by atoms with Gasteiger partial charge in [-0.25, -0.2) is 4.79 Å². The fraction of sp³-hybridized carbons (Fsp3) is 0.444. The van der Waals surface area contributed by atoms with Crippen LogP contribution in [-0.4, -0.2) is 33.4 Å². The van der Waals surface area contributed by atoms with Crippen molar-refractivity contribution in [1.29, 1.82) is 0 Å². The molecule has 1 amide bonds. The molecule has 1 N–H and O–H groups in total. The van der Waals surface area contributed by atoms with E-state index in [2.05, 4.69) is 5.10 Å². The lowest BCUT2D eigenvalue weighted by Gasteiger charge is -2.24. The largest absolute Gasteiger partial charge is 0.444 e. The van der Waals surface area contributed by atoms with Crippen LogP contribution < -0.4 is 5.56 Å². The molecule has 0 aliphatic carbocycles. The number of rotatable bonds is 5. The van der Waals surface area contributed by atoms with Crippen LogP contribution in [0.5, 0.6) is 0 Å². The van der Waals surface area contributed by atoms with Crippen LogP contribution in [0.4, 0.5) is 4.79 Å². The summed E-state index contributed by atoms with van der Waals surface area (Å²) in [6.45, 7) is 6.32. The maximum atomic E-state index is 12.0. The van der Waals surface area contributed by atoms with Gasteiger partial charge >= 0.3 is 6.09 Å². The Kier molecular flexibility index (Phi) is 5.49. The van der Waals surface area contributed by atoms with Crippen molar-refractivity contribution in [3.8, 4) is 0 Å². The number of aromatic amines is 1. The minimum absolute atomic E-state index is 0.0986. The van der Waals surface area contributed by atoms with Crippen LogP contribution in [0, 0.1) is 0 Å². The van der Waals surface area contributed by atoms with Gasteiger partial charge in [-0.3, -0.25) is 14.6 Å². The van der Waals surface area contributed by atoms with Gasteiger partial charge in [-0.05, 0) is 32.8 Å². The van der Waals surface area contributed by atoms with E-state index in [1.54, 1.807) is 11.7 Å². The molecular formula is C18H25N3O3. The van der Waals surface area contributed by atoms with Crippen LogP contribution in [0.25, 0.3) is 0 Å². The molecule has 1 aromatic carbocycles. The number of aryl methyl sites for hydroxylation is 2. The van der Waals surface area contributed by atoms with Crippen molar-refractivity contribution in [2.45, 2.75) is 45.9 Å². The zero-order valence-corrected chi connectivity index (χ0v) is 14.7. The zero-order chi connectivity index (χ0) is 17.7. The zero-order valence-electron chi connectivity index (χ0n) is 14.7. The Hall–Kier alpha value is -2.50. The van der Waals surface area contributed by atoms with Crippen LogP contribution in [0.2, 0.25) is 0 Å². The third-order valence-electron chi connectivity index (χ3n) is 3.42. The van der Waals surface area contributed by atoms with E-state index >= 15 is 0 Å². The van der Waals surface area contributed by atoms with Gasteiger partial charge in [0, 0.05) is 19.7 Å². The van der Waals surface area contributed by atoms with Crippen LogP contribution in [0.1, 0.15) is 32.0 Å². The van der Waals surface area contributed by atoms with E-state index < -0.39 is 11.7 Å². The first-order chi connectivity index (χ1) is 11.2. The average molecular weight is 331 g/mol. The molecule has 0 aliphatic rings. The maximum Gasteiger partial charge on any atom is 0.410 e. The van der Waals surface area contributed by atoms with Gasteiger partial charge in [0.25, 0.3) is 5.56 Å². The van der Waals surface area contributed by atoms with Crippen molar-refractivity contribution >= 4 is 6.09 Å². The van der Waals surface area contributed by atoms with E-state index in [4.69, 9.17) is 4.74 Å². The molecule has 0 atom stereocenters. The Morgan fingerprint density at radius 1 is 1.25 bits per heavy atom. The summed E-state index contributed by atoms with van der Waals surface area (Å²) in [7, 11) is 1.65. The fourth-order valence-electron chi connectivity index (χ4n) is 2.28. The molecular weight excluding hydrogens is 306 g/mol. The van der Waals surface area contributed by atoms with Crippen LogP contribution in [0.3, 0.4) is 0 Å². The summed E-state index contributed by atoms with van der Waals surface area (Å²) in [6.07, 6.45) is 0.350. The monoisotopic (exact) mass is 331 g/mol. The number of aromatic nitrogens is 2. The van der Waals surface area contributed by atoms with E-state index in [-0.39, 0.29) is 5.56 Å². The Morgan fingerprint density at radius 2 is 1.92 bits per heavy atom. The maximum absolute atomic E-state index is 12.0. The predicted molar refractivity (Wildman–Crippen MR) is 92.9 cm³/mol. The number of nitrogens with one attached hydrogen (secondary N) is 1. The quantitative estimate of drug-likeness (QED) is 0.916. The first-order valence-electron chi connectivity index (χ1n) is 8.01. The predicted octanol–water partition coefficient (Wildman–Crippen LogP) is 2.79. The number of hydrogen-bond acceptors (Lipinski definition) is 3. The molecule has 0 radical (unpaired) electrons. The van der Waals surface area contributed by atoms with Gasteiger partial charge in [0.1, 0.15) is 5.60 Å². The first kappa shape index (κ1) is 17.8. The molecule has 0 saturated heterocycles. The van der Waals surface area contributed by atoms with Gasteiger partial charge in [-0.15, -0.1) is 0 Å². The Labute approximate surface area is 142 Å². The van der Waals surface area contributed by atoms with Gasteiger partial charge in [0.05, 0.1) is 12.2 Å². The molecule has 130 valence electrons. The minimum atomic E-state index is -0.541. The summed E-state index contributed by atoms with van der Waals surface area (Å²) in [4.78, 5) is 25.5. The van der Waals surface area contributed by atoms with Gasteiger partial charge in [0.2, 0.25) is 0 Å². The number of benzene rings is 1. The van der Waals surface area contributed by atoms with Gasteiger partial charge in [-0.2, -0.15) is 0 Å². The molecule has 6 heteroatoms. The van der Waals surface area contributed by atoms with Crippen molar-refractivity contribution in [3.05, 3.63) is 58.0 Å². The number of ether oxygens (including phenoxy) is 1. The highest BCUT2D eigenvalue weighted by Gasteiger charge is 2.20. The summed E-state index contributed by atoms with van der Waals surface area (Å²) in [6, 6.07) is 11.5. The number of H-pyrrole nitrogens is 1. The molecule has 2 rings (SSSR count). The van der Waals surface area contributed by atoms with Gasteiger partial charge in [0.15, 0.2) is 0 Å². The Bertz CT molecular complexity index is 726. The second kappa shape index (κ2) is 7.38. The molecule has 1 aromatic heterocycles. The van der Waals surface area contributed by atoms with Gasteiger partial charge < -0.3 is 9.64 Å². The Morgan fingerprint density at radius 3 is 2.54 bits per heavy atom. The third-order valence-corrected chi connectivity index (χ3v) is 3.42. The smallest absolute Gasteiger partial charge is 0.410 e. The van der Waals surface area contributed by atoms with Gasteiger partial charge in [-0.1, -0.05) is 30.3 Å². The molecule has 1 heterocycles. The fourth-order valence-corrected chi connectivity index (χ4v) is 2.28. The van der Waals surface area contributed by atoms with E-state index in [0.29, 0.717) is 18.8 Å². The summed E-state index contributed by atoms with van der Waals surface area (Å²) >= 11 is 0. The molecule has 24 heavy (non-hydrogen) atoms. The molecule has 0 saturated carbocycles. The van der Waals surface area contributed by atoms with E-state index in [1.807, 2.05) is 51.1 Å². The van der Waals surface area contributed by atoms with E-state index in [0.717, 1.165) is 6.42 Å².